The summed E-state index contributed by atoms with van der Waals surface area (Å²) in [5.74, 6) is 2.05. The van der Waals surface area contributed by atoms with E-state index in [-0.39, 0.29) is 11.9 Å². The number of ether oxygens (including phenoxy) is 3. The Balaban J connectivity index is 1.37. The van der Waals surface area contributed by atoms with Crippen LogP contribution in [0.4, 0.5) is 10.5 Å². The highest BCUT2D eigenvalue weighted by Crippen LogP contribution is 2.33. The number of carbonyl (C=O) groups is 2. The SMILES string of the molecule is CCOc1ccccc1NC(=O)N1CCN(C(=O)c2cc(-c3ccc(OC)cc3)n(-c3cccc(OC)c3)c2C)CC1. The zero-order valence-corrected chi connectivity index (χ0v) is 24.4. The summed E-state index contributed by atoms with van der Waals surface area (Å²) in [7, 11) is 3.27. The fourth-order valence-corrected chi connectivity index (χ4v) is 5.21. The molecular formula is C33H36N4O5. The molecule has 1 N–H and O–H groups in total. The number of methoxy groups -OCH3 is 2. The number of nitrogens with zero attached hydrogens (tertiary/aromatic N) is 3. The summed E-state index contributed by atoms with van der Waals surface area (Å²) < 4.78 is 18.5. The number of aromatic nitrogens is 1. The molecule has 0 bridgehead atoms. The lowest BCUT2D eigenvalue weighted by Crippen LogP contribution is -2.51. The highest BCUT2D eigenvalue weighted by atomic mass is 16.5. The van der Waals surface area contributed by atoms with E-state index in [9.17, 15) is 9.59 Å². The van der Waals surface area contributed by atoms with Crippen molar-refractivity contribution in [2.24, 2.45) is 0 Å². The van der Waals surface area contributed by atoms with Crippen LogP contribution in [0.5, 0.6) is 17.2 Å². The minimum Gasteiger partial charge on any atom is -0.497 e. The van der Waals surface area contributed by atoms with E-state index in [1.54, 1.807) is 19.1 Å². The van der Waals surface area contributed by atoms with Gasteiger partial charge in [0, 0.05) is 43.6 Å². The van der Waals surface area contributed by atoms with Gasteiger partial charge in [-0.15, -0.1) is 0 Å². The van der Waals surface area contributed by atoms with Gasteiger partial charge in [-0.25, -0.2) is 4.79 Å². The average molecular weight is 569 g/mol. The third kappa shape index (κ3) is 5.90. The topological polar surface area (TPSA) is 85.3 Å². The van der Waals surface area contributed by atoms with Crippen LogP contribution in [0, 0.1) is 6.92 Å². The van der Waals surface area contributed by atoms with Crippen LogP contribution in [-0.2, 0) is 0 Å². The van der Waals surface area contributed by atoms with Crippen molar-refractivity contribution in [2.45, 2.75) is 13.8 Å². The number of amides is 3. The number of nitrogens with one attached hydrogen (secondary N) is 1. The van der Waals surface area contributed by atoms with Gasteiger partial charge in [-0.1, -0.05) is 18.2 Å². The summed E-state index contributed by atoms with van der Waals surface area (Å²) in [6.45, 7) is 6.08. The van der Waals surface area contributed by atoms with Gasteiger partial charge in [-0.05, 0) is 74.0 Å². The first-order chi connectivity index (χ1) is 20.4. The largest absolute Gasteiger partial charge is 0.497 e. The zero-order valence-electron chi connectivity index (χ0n) is 24.4. The first-order valence-electron chi connectivity index (χ1n) is 14.0. The molecule has 5 rings (SSSR count). The number of hydrogen-bond acceptors (Lipinski definition) is 5. The Labute approximate surface area is 246 Å². The van der Waals surface area contributed by atoms with E-state index in [4.69, 9.17) is 14.2 Å². The van der Waals surface area contributed by atoms with Crippen molar-refractivity contribution in [1.82, 2.24) is 14.4 Å². The number of para-hydroxylation sites is 2. The first-order valence-corrected chi connectivity index (χ1v) is 14.0. The maximum Gasteiger partial charge on any atom is 0.322 e. The predicted molar refractivity (Wildman–Crippen MR) is 163 cm³/mol. The highest BCUT2D eigenvalue weighted by molar-refractivity contribution is 5.98. The van der Waals surface area contributed by atoms with Gasteiger partial charge in [0.15, 0.2) is 0 Å². The van der Waals surface area contributed by atoms with E-state index in [1.165, 1.54) is 0 Å². The van der Waals surface area contributed by atoms with Gasteiger partial charge in [-0.3, -0.25) is 4.79 Å². The fourth-order valence-electron chi connectivity index (χ4n) is 5.21. The Morgan fingerprint density at radius 3 is 2.19 bits per heavy atom. The maximum absolute atomic E-state index is 13.9. The molecule has 4 aromatic rings. The molecule has 0 aliphatic carbocycles. The van der Waals surface area contributed by atoms with Crippen molar-refractivity contribution in [3.8, 4) is 34.2 Å². The van der Waals surface area contributed by atoms with Gasteiger partial charge in [-0.2, -0.15) is 0 Å². The van der Waals surface area contributed by atoms with E-state index in [0.717, 1.165) is 34.1 Å². The summed E-state index contributed by atoms with van der Waals surface area (Å²) in [5.41, 5.74) is 4.81. The molecule has 0 saturated carbocycles. The monoisotopic (exact) mass is 568 g/mol. The Morgan fingerprint density at radius 1 is 0.810 bits per heavy atom. The van der Waals surface area contributed by atoms with E-state index >= 15 is 0 Å². The number of anilines is 1. The number of hydrogen-bond donors (Lipinski definition) is 1. The van der Waals surface area contributed by atoms with E-state index in [1.807, 2.05) is 97.6 Å². The molecule has 3 aromatic carbocycles. The molecule has 1 aliphatic heterocycles. The molecule has 0 spiro atoms. The van der Waals surface area contributed by atoms with Crippen molar-refractivity contribution < 1.29 is 23.8 Å². The van der Waals surface area contributed by atoms with Crippen molar-refractivity contribution >= 4 is 17.6 Å². The molecule has 3 amide bonds. The lowest BCUT2D eigenvalue weighted by Gasteiger charge is -2.34. The van der Waals surface area contributed by atoms with Crippen LogP contribution in [-0.4, -0.2) is 73.3 Å². The summed E-state index contributed by atoms with van der Waals surface area (Å²) >= 11 is 0. The molecule has 0 radical (unpaired) electrons. The minimum atomic E-state index is -0.212. The number of urea groups is 1. The number of piperazine rings is 1. The van der Waals surface area contributed by atoms with Gasteiger partial charge in [0.2, 0.25) is 0 Å². The van der Waals surface area contributed by atoms with Crippen molar-refractivity contribution in [3.05, 3.63) is 90.1 Å². The third-order valence-corrected chi connectivity index (χ3v) is 7.46. The average Bonchev–Trinajstić information content (AvgIpc) is 3.38. The van der Waals surface area contributed by atoms with Crippen LogP contribution >= 0.6 is 0 Å². The molecular weight excluding hydrogens is 532 g/mol. The molecule has 9 nitrogen and oxygen atoms in total. The highest BCUT2D eigenvalue weighted by Gasteiger charge is 2.28. The standard InChI is InChI=1S/C33H36N4O5/c1-5-42-31-12-7-6-11-29(31)34-33(39)36-19-17-35(18-20-36)32(38)28-22-30(24-13-15-26(40-3)16-14-24)37(23(28)2)25-9-8-10-27(21-25)41-4/h6-16,21-22H,5,17-20H2,1-4H3,(H,34,39). The van der Waals surface area contributed by atoms with Crippen molar-refractivity contribution in [1.29, 1.82) is 0 Å². The van der Waals surface area contributed by atoms with Gasteiger partial charge in [0.1, 0.15) is 17.2 Å². The lowest BCUT2D eigenvalue weighted by atomic mass is 10.1. The van der Waals surface area contributed by atoms with Crippen LogP contribution in [0.25, 0.3) is 16.9 Å². The van der Waals surface area contributed by atoms with Gasteiger partial charge >= 0.3 is 6.03 Å². The predicted octanol–water partition coefficient (Wildman–Crippen LogP) is 5.86. The molecule has 1 aliphatic rings. The van der Waals surface area contributed by atoms with Crippen LogP contribution in [0.1, 0.15) is 23.0 Å². The first kappa shape index (κ1) is 28.6. The normalized spacial score (nSPS) is 13.0. The van der Waals surface area contributed by atoms with E-state index in [2.05, 4.69) is 9.88 Å². The summed E-state index contributed by atoms with van der Waals surface area (Å²) in [4.78, 5) is 30.4. The maximum atomic E-state index is 13.9. The lowest BCUT2D eigenvalue weighted by molar-refractivity contribution is 0.0671. The zero-order chi connectivity index (χ0) is 29.6. The number of carbonyl (C=O) groups excluding carboxylic acids is 2. The third-order valence-electron chi connectivity index (χ3n) is 7.46. The van der Waals surface area contributed by atoms with Crippen molar-refractivity contribution in [3.63, 3.8) is 0 Å². The van der Waals surface area contributed by atoms with Crippen molar-refractivity contribution in [2.75, 3.05) is 52.3 Å². The molecule has 2 heterocycles. The van der Waals surface area contributed by atoms with Gasteiger partial charge in [0.25, 0.3) is 5.91 Å². The van der Waals surface area contributed by atoms with Crippen LogP contribution < -0.4 is 19.5 Å². The second kappa shape index (κ2) is 12.7. The summed E-state index contributed by atoms with van der Waals surface area (Å²) in [5, 5.41) is 2.95. The Bertz CT molecular complexity index is 1560. The van der Waals surface area contributed by atoms with Crippen LogP contribution in [0.2, 0.25) is 0 Å². The van der Waals surface area contributed by atoms with E-state index < -0.39 is 0 Å². The Kier molecular flexibility index (Phi) is 8.66. The van der Waals surface area contributed by atoms with Crippen LogP contribution in [0.3, 0.4) is 0 Å². The molecule has 218 valence electrons. The minimum absolute atomic E-state index is 0.0642. The quantitative estimate of drug-likeness (QED) is 0.288. The summed E-state index contributed by atoms with van der Waals surface area (Å²) in [6.07, 6.45) is 0. The Morgan fingerprint density at radius 2 is 1.50 bits per heavy atom. The molecule has 9 heteroatoms. The fraction of sp³-hybridized carbons (Fsp3) is 0.273. The molecule has 1 aromatic heterocycles. The van der Waals surface area contributed by atoms with Gasteiger partial charge < -0.3 is 33.9 Å². The van der Waals surface area contributed by atoms with Crippen LogP contribution in [0.15, 0.2) is 78.9 Å². The molecule has 1 fully saturated rings. The van der Waals surface area contributed by atoms with Gasteiger partial charge in [0.05, 0.1) is 37.8 Å². The molecule has 42 heavy (non-hydrogen) atoms. The molecule has 0 unspecified atom stereocenters. The Hall–Kier alpha value is -4.92. The molecule has 1 saturated heterocycles. The van der Waals surface area contributed by atoms with E-state index in [0.29, 0.717) is 49.8 Å². The smallest absolute Gasteiger partial charge is 0.322 e. The molecule has 0 atom stereocenters. The summed E-state index contributed by atoms with van der Waals surface area (Å²) in [6, 6.07) is 24.7. The number of benzene rings is 3. The second-order valence-corrected chi connectivity index (χ2v) is 9.93. The second-order valence-electron chi connectivity index (χ2n) is 9.93. The number of rotatable bonds is 8.